The first kappa shape index (κ1) is 26.3. The molecule has 0 saturated carbocycles. The highest BCUT2D eigenvalue weighted by atomic mass is 32.1. The van der Waals surface area contributed by atoms with E-state index >= 15 is 0 Å². The Morgan fingerprint density at radius 1 is 0.968 bits per heavy atom. The molecule has 0 radical (unpaired) electrons. The van der Waals surface area contributed by atoms with Crippen LogP contribution in [0, 0.1) is 0 Å². The number of aromatic amines is 1. The van der Waals surface area contributed by atoms with Crippen molar-refractivity contribution in [2.24, 2.45) is 5.73 Å². The first-order valence-corrected chi connectivity index (χ1v) is 10.2. The Hall–Kier alpha value is -2.78. The van der Waals surface area contributed by atoms with Gasteiger partial charge in [0.15, 0.2) is 0 Å². The number of rotatable bonds is 13. The van der Waals surface area contributed by atoms with Crippen molar-refractivity contribution >= 4 is 54.9 Å². The maximum atomic E-state index is 12.6. The molecule has 1 rings (SSSR count). The molecule has 1 heterocycles. The summed E-state index contributed by atoms with van der Waals surface area (Å²) in [5, 5.41) is 24.8. The molecule has 0 bridgehead atoms. The Balaban J connectivity index is 2.90. The van der Waals surface area contributed by atoms with Crippen LogP contribution in [0.15, 0.2) is 12.5 Å². The number of aromatic nitrogens is 2. The molecule has 0 aliphatic rings. The standard InChI is InChI=1S/C16H24N6O7S2/c17-8(2-12(23)24)13(25)21-10(4-30)15(27)20-9(1-7-3-18-6-19-7)14(26)22-11(5-31)16(28)29/h3,6,8-11,30-31H,1-2,4-5,17H2,(H,18,19)(H,20,27)(H,21,25)(H,22,26)(H,23,24)(H,28,29). The first-order valence-electron chi connectivity index (χ1n) is 8.89. The van der Waals surface area contributed by atoms with Crippen molar-refractivity contribution in [2.75, 3.05) is 11.5 Å². The van der Waals surface area contributed by atoms with E-state index in [1.807, 2.05) is 0 Å². The van der Waals surface area contributed by atoms with Crippen molar-refractivity contribution < 1.29 is 34.2 Å². The monoisotopic (exact) mass is 476 g/mol. The van der Waals surface area contributed by atoms with E-state index < -0.39 is 60.2 Å². The van der Waals surface area contributed by atoms with Crippen molar-refractivity contribution in [1.82, 2.24) is 25.9 Å². The Kier molecular flexibility index (Phi) is 10.8. The van der Waals surface area contributed by atoms with Gasteiger partial charge in [-0.3, -0.25) is 19.2 Å². The fourth-order valence-electron chi connectivity index (χ4n) is 2.31. The summed E-state index contributed by atoms with van der Waals surface area (Å²) in [6.07, 6.45) is 2.09. The summed E-state index contributed by atoms with van der Waals surface area (Å²) in [6.45, 7) is 0. The maximum Gasteiger partial charge on any atom is 0.327 e. The molecule has 0 spiro atoms. The van der Waals surface area contributed by atoms with Gasteiger partial charge in [-0.2, -0.15) is 25.3 Å². The number of nitrogens with one attached hydrogen (secondary N) is 4. The van der Waals surface area contributed by atoms with Gasteiger partial charge in [0.2, 0.25) is 17.7 Å². The molecule has 8 N–H and O–H groups in total. The average molecular weight is 477 g/mol. The predicted octanol–water partition coefficient (Wildman–Crippen LogP) is -2.85. The molecular weight excluding hydrogens is 452 g/mol. The quantitative estimate of drug-likeness (QED) is 0.134. The second kappa shape index (κ2) is 12.8. The van der Waals surface area contributed by atoms with Gasteiger partial charge in [-0.15, -0.1) is 0 Å². The summed E-state index contributed by atoms with van der Waals surface area (Å²) in [6, 6.07) is -5.12. The van der Waals surface area contributed by atoms with Crippen LogP contribution < -0.4 is 21.7 Å². The molecule has 1 aromatic heterocycles. The van der Waals surface area contributed by atoms with Crippen molar-refractivity contribution in [3.63, 3.8) is 0 Å². The normalized spacial score (nSPS) is 14.5. The molecule has 13 nitrogen and oxygen atoms in total. The summed E-state index contributed by atoms with van der Waals surface area (Å²) in [7, 11) is 0. The number of hydrogen-bond acceptors (Lipinski definition) is 9. The molecular formula is C16H24N6O7S2. The minimum absolute atomic E-state index is 0.0533. The Morgan fingerprint density at radius 3 is 2.00 bits per heavy atom. The lowest BCUT2D eigenvalue weighted by molar-refractivity contribution is -0.141. The Bertz CT molecular complexity index is 791. The number of H-pyrrole nitrogens is 1. The Labute approximate surface area is 187 Å². The van der Waals surface area contributed by atoms with Gasteiger partial charge in [0.1, 0.15) is 18.1 Å². The number of aliphatic carboxylic acids is 2. The van der Waals surface area contributed by atoms with Gasteiger partial charge in [-0.25, -0.2) is 9.78 Å². The van der Waals surface area contributed by atoms with Gasteiger partial charge >= 0.3 is 11.9 Å². The number of carboxylic acid groups (broad SMARTS) is 2. The van der Waals surface area contributed by atoms with Crippen LogP contribution in [-0.2, 0) is 30.4 Å². The summed E-state index contributed by atoms with van der Waals surface area (Å²) >= 11 is 7.87. The largest absolute Gasteiger partial charge is 0.481 e. The zero-order chi connectivity index (χ0) is 23.6. The third kappa shape index (κ3) is 8.85. The third-order valence-corrected chi connectivity index (χ3v) is 4.69. The molecule has 0 aromatic carbocycles. The number of thiol groups is 2. The van der Waals surface area contributed by atoms with Crippen LogP contribution in [0.25, 0.3) is 0 Å². The minimum Gasteiger partial charge on any atom is -0.481 e. The van der Waals surface area contributed by atoms with Crippen LogP contribution in [0.1, 0.15) is 12.1 Å². The number of carbonyl (C=O) groups excluding carboxylic acids is 3. The van der Waals surface area contributed by atoms with E-state index in [-0.39, 0.29) is 17.9 Å². The molecule has 0 aliphatic heterocycles. The lowest BCUT2D eigenvalue weighted by Gasteiger charge is -2.24. The van der Waals surface area contributed by atoms with E-state index in [0.717, 1.165) is 0 Å². The summed E-state index contributed by atoms with van der Waals surface area (Å²) in [5.41, 5.74) is 5.95. The smallest absolute Gasteiger partial charge is 0.327 e. The molecule has 3 amide bonds. The number of hydrogen-bond donors (Lipinski definition) is 9. The summed E-state index contributed by atoms with van der Waals surface area (Å²) in [4.78, 5) is 65.6. The molecule has 0 fully saturated rings. The van der Waals surface area contributed by atoms with E-state index in [9.17, 15) is 24.0 Å². The minimum atomic E-state index is -1.39. The molecule has 4 atom stereocenters. The third-order valence-electron chi connectivity index (χ3n) is 3.96. The molecule has 0 aliphatic carbocycles. The van der Waals surface area contributed by atoms with E-state index in [2.05, 4.69) is 51.2 Å². The van der Waals surface area contributed by atoms with Crippen LogP contribution in [0.4, 0.5) is 0 Å². The lowest BCUT2D eigenvalue weighted by atomic mass is 10.1. The van der Waals surface area contributed by atoms with Crippen LogP contribution in [0.2, 0.25) is 0 Å². The van der Waals surface area contributed by atoms with Gasteiger partial charge in [0, 0.05) is 29.8 Å². The maximum absolute atomic E-state index is 12.6. The van der Waals surface area contributed by atoms with Crippen LogP contribution in [0.5, 0.6) is 0 Å². The fraction of sp³-hybridized carbons (Fsp3) is 0.500. The van der Waals surface area contributed by atoms with E-state index in [0.29, 0.717) is 5.69 Å². The van der Waals surface area contributed by atoms with E-state index in [4.69, 9.17) is 15.9 Å². The van der Waals surface area contributed by atoms with Crippen molar-refractivity contribution in [1.29, 1.82) is 0 Å². The highest BCUT2D eigenvalue weighted by Crippen LogP contribution is 2.02. The molecule has 31 heavy (non-hydrogen) atoms. The molecule has 172 valence electrons. The van der Waals surface area contributed by atoms with Gasteiger partial charge in [-0.05, 0) is 0 Å². The zero-order valence-electron chi connectivity index (χ0n) is 16.1. The average Bonchev–Trinajstić information content (AvgIpc) is 3.21. The molecule has 4 unspecified atom stereocenters. The summed E-state index contributed by atoms with van der Waals surface area (Å²) in [5.74, 6) is -5.43. The van der Waals surface area contributed by atoms with Gasteiger partial charge in [0.05, 0.1) is 18.8 Å². The number of nitrogens with two attached hydrogens (primary N) is 1. The van der Waals surface area contributed by atoms with Gasteiger partial charge in [0.25, 0.3) is 0 Å². The van der Waals surface area contributed by atoms with E-state index in [1.54, 1.807) is 0 Å². The molecule has 1 aromatic rings. The highest BCUT2D eigenvalue weighted by molar-refractivity contribution is 7.80. The molecule has 0 saturated heterocycles. The van der Waals surface area contributed by atoms with Crippen molar-refractivity contribution in [2.45, 2.75) is 37.0 Å². The predicted molar refractivity (Wildman–Crippen MR) is 114 cm³/mol. The van der Waals surface area contributed by atoms with Gasteiger partial charge < -0.3 is 36.9 Å². The molecule has 15 heteroatoms. The fourth-order valence-corrected chi connectivity index (χ4v) is 2.81. The van der Waals surface area contributed by atoms with Crippen molar-refractivity contribution in [3.8, 4) is 0 Å². The number of imidazole rings is 1. The van der Waals surface area contributed by atoms with E-state index in [1.165, 1.54) is 12.5 Å². The van der Waals surface area contributed by atoms with Gasteiger partial charge in [-0.1, -0.05) is 0 Å². The summed E-state index contributed by atoms with van der Waals surface area (Å²) < 4.78 is 0. The van der Waals surface area contributed by atoms with Crippen LogP contribution >= 0.6 is 25.3 Å². The Morgan fingerprint density at radius 2 is 1.52 bits per heavy atom. The number of amides is 3. The van der Waals surface area contributed by atoms with Crippen molar-refractivity contribution in [3.05, 3.63) is 18.2 Å². The second-order valence-corrected chi connectivity index (χ2v) is 7.10. The highest BCUT2D eigenvalue weighted by Gasteiger charge is 2.30. The second-order valence-electron chi connectivity index (χ2n) is 6.37. The number of carbonyl (C=O) groups is 5. The first-order chi connectivity index (χ1) is 14.6. The van der Waals surface area contributed by atoms with Crippen LogP contribution in [-0.4, -0.2) is 85.5 Å². The SMILES string of the molecule is NC(CC(=O)O)C(=O)NC(CS)C(=O)NC(Cc1cnc[nH]1)C(=O)NC(CS)C(=O)O. The number of carboxylic acids is 2. The zero-order valence-corrected chi connectivity index (χ0v) is 17.9. The topological polar surface area (TPSA) is 217 Å². The lowest BCUT2D eigenvalue weighted by Crippen LogP contribution is -2.58. The van der Waals surface area contributed by atoms with Crippen LogP contribution in [0.3, 0.4) is 0 Å². The number of nitrogens with zero attached hydrogens (tertiary/aromatic N) is 1.